The van der Waals surface area contributed by atoms with E-state index in [4.69, 9.17) is 10.8 Å². The molecule has 0 aliphatic carbocycles. The molecule has 3 amide bonds. The van der Waals surface area contributed by atoms with Crippen LogP contribution in [0.4, 0.5) is 0 Å². The molecular weight excluding hydrogens is 368 g/mol. The average molecular weight is 395 g/mol. The fourth-order valence-corrected chi connectivity index (χ4v) is 2.38. The lowest BCUT2D eigenvalue weighted by atomic mass is 10.1. The van der Waals surface area contributed by atoms with Gasteiger partial charge in [-0.2, -0.15) is 24.4 Å². The fourth-order valence-electron chi connectivity index (χ4n) is 1.65. The summed E-state index contributed by atoms with van der Waals surface area (Å²) in [6.45, 7) is 2.80. The molecule has 0 aromatic rings. The Morgan fingerprint density at radius 1 is 1.04 bits per heavy atom. The molecule has 144 valence electrons. The normalized spacial score (nSPS) is 15.4. The third kappa shape index (κ3) is 8.98. The van der Waals surface area contributed by atoms with E-state index in [1.807, 2.05) is 6.26 Å². The van der Waals surface area contributed by atoms with Crippen LogP contribution in [0.2, 0.25) is 0 Å². The molecule has 0 aliphatic heterocycles. The van der Waals surface area contributed by atoms with Gasteiger partial charge in [0.1, 0.15) is 18.1 Å². The number of carbonyl (C=O) groups is 4. The Labute approximate surface area is 156 Å². The number of amides is 3. The number of thiol groups is 1. The molecule has 0 aromatic carbocycles. The average Bonchev–Trinajstić information content (AvgIpc) is 2.55. The van der Waals surface area contributed by atoms with Gasteiger partial charge in [-0.05, 0) is 32.3 Å². The second-order valence-corrected chi connectivity index (χ2v) is 6.79. The van der Waals surface area contributed by atoms with Crippen LogP contribution in [0.25, 0.3) is 0 Å². The van der Waals surface area contributed by atoms with Crippen LogP contribution in [0, 0.1) is 0 Å². The smallest absolute Gasteiger partial charge is 0.325 e. The summed E-state index contributed by atoms with van der Waals surface area (Å²) in [4.78, 5) is 47.0. The second kappa shape index (κ2) is 12.0. The van der Waals surface area contributed by atoms with Crippen molar-refractivity contribution in [3.63, 3.8) is 0 Å². The zero-order valence-electron chi connectivity index (χ0n) is 14.4. The van der Waals surface area contributed by atoms with E-state index in [9.17, 15) is 19.2 Å². The first-order valence-electron chi connectivity index (χ1n) is 7.63. The number of hydrogen-bond acceptors (Lipinski definition) is 7. The standard InChI is InChI=1S/C14H26N4O5S2/c1-7(15)11(19)17-9(4-5-25-3)12(20)18-10(6-24)13(21)16-8(2)14(22)23/h7-10,24H,4-6,15H2,1-3H3,(H,16,21)(H,17,19)(H,18,20)(H,22,23). The van der Waals surface area contributed by atoms with Gasteiger partial charge >= 0.3 is 5.97 Å². The Kier molecular flexibility index (Phi) is 11.3. The van der Waals surface area contributed by atoms with Crippen LogP contribution in [-0.2, 0) is 19.2 Å². The zero-order valence-corrected chi connectivity index (χ0v) is 16.2. The van der Waals surface area contributed by atoms with Crippen LogP contribution < -0.4 is 21.7 Å². The first-order valence-corrected chi connectivity index (χ1v) is 9.65. The van der Waals surface area contributed by atoms with Crippen LogP contribution in [0.5, 0.6) is 0 Å². The summed E-state index contributed by atoms with van der Waals surface area (Å²) in [5.74, 6) is -2.31. The number of thioether (sulfide) groups is 1. The van der Waals surface area contributed by atoms with Crippen molar-refractivity contribution in [2.24, 2.45) is 5.73 Å². The van der Waals surface area contributed by atoms with Gasteiger partial charge in [0.2, 0.25) is 17.7 Å². The second-order valence-electron chi connectivity index (χ2n) is 5.44. The van der Waals surface area contributed by atoms with E-state index in [1.54, 1.807) is 0 Å². The van der Waals surface area contributed by atoms with Crippen molar-refractivity contribution in [3.8, 4) is 0 Å². The molecule has 0 aromatic heterocycles. The number of nitrogens with one attached hydrogen (secondary N) is 3. The van der Waals surface area contributed by atoms with Crippen LogP contribution in [0.1, 0.15) is 20.3 Å². The summed E-state index contributed by atoms with van der Waals surface area (Å²) in [5.41, 5.74) is 5.49. The molecule has 0 fully saturated rings. The third-order valence-corrected chi connectivity index (χ3v) is 4.21. The van der Waals surface area contributed by atoms with Crippen LogP contribution in [0.3, 0.4) is 0 Å². The van der Waals surface area contributed by atoms with Crippen molar-refractivity contribution in [2.45, 2.75) is 44.4 Å². The maximum absolute atomic E-state index is 12.4. The summed E-state index contributed by atoms with van der Waals surface area (Å²) in [6.07, 6.45) is 2.22. The highest BCUT2D eigenvalue weighted by molar-refractivity contribution is 7.98. The highest BCUT2D eigenvalue weighted by Gasteiger charge is 2.27. The van der Waals surface area contributed by atoms with Crippen molar-refractivity contribution in [3.05, 3.63) is 0 Å². The van der Waals surface area contributed by atoms with Gasteiger partial charge in [0.25, 0.3) is 0 Å². The minimum atomic E-state index is -1.19. The van der Waals surface area contributed by atoms with Gasteiger partial charge in [-0.25, -0.2) is 0 Å². The van der Waals surface area contributed by atoms with Gasteiger partial charge in [-0.1, -0.05) is 0 Å². The predicted molar refractivity (Wildman–Crippen MR) is 99.6 cm³/mol. The molecule has 0 bridgehead atoms. The topological polar surface area (TPSA) is 151 Å². The van der Waals surface area contributed by atoms with Gasteiger partial charge < -0.3 is 26.8 Å². The molecule has 4 unspecified atom stereocenters. The van der Waals surface area contributed by atoms with Gasteiger partial charge in [-0.15, -0.1) is 0 Å². The first kappa shape index (κ1) is 23.5. The number of carbonyl (C=O) groups excluding carboxylic acids is 3. The van der Waals surface area contributed by atoms with E-state index in [1.165, 1.54) is 25.6 Å². The molecular formula is C14H26N4O5S2. The van der Waals surface area contributed by atoms with E-state index in [0.29, 0.717) is 12.2 Å². The summed E-state index contributed by atoms with van der Waals surface area (Å²) in [5, 5.41) is 16.1. The lowest BCUT2D eigenvalue weighted by molar-refractivity contribution is -0.141. The van der Waals surface area contributed by atoms with Crippen molar-refractivity contribution in [2.75, 3.05) is 17.8 Å². The molecule has 11 heteroatoms. The lowest BCUT2D eigenvalue weighted by Gasteiger charge is -2.23. The van der Waals surface area contributed by atoms with Gasteiger partial charge in [-0.3, -0.25) is 19.2 Å². The number of rotatable bonds is 11. The molecule has 0 saturated carbocycles. The summed E-state index contributed by atoms with van der Waals surface area (Å²) < 4.78 is 0. The molecule has 6 N–H and O–H groups in total. The number of carboxylic acids is 1. The lowest BCUT2D eigenvalue weighted by Crippen LogP contribution is -2.57. The minimum Gasteiger partial charge on any atom is -0.480 e. The summed E-state index contributed by atoms with van der Waals surface area (Å²) >= 11 is 5.51. The third-order valence-electron chi connectivity index (χ3n) is 3.20. The molecule has 9 nitrogen and oxygen atoms in total. The maximum atomic E-state index is 12.4. The Balaban J connectivity index is 4.93. The van der Waals surface area contributed by atoms with E-state index < -0.39 is 47.9 Å². The Hall–Kier alpha value is -1.46. The van der Waals surface area contributed by atoms with Gasteiger partial charge in [0, 0.05) is 5.75 Å². The molecule has 0 spiro atoms. The van der Waals surface area contributed by atoms with E-state index >= 15 is 0 Å². The summed E-state index contributed by atoms with van der Waals surface area (Å²) in [6, 6.07) is -3.75. The largest absolute Gasteiger partial charge is 0.480 e. The van der Waals surface area contributed by atoms with E-state index in [-0.39, 0.29) is 5.75 Å². The Bertz CT molecular complexity index is 490. The molecule has 0 saturated heterocycles. The summed E-state index contributed by atoms with van der Waals surface area (Å²) in [7, 11) is 0. The molecule has 0 aliphatic rings. The highest BCUT2D eigenvalue weighted by atomic mass is 32.2. The zero-order chi connectivity index (χ0) is 19.6. The van der Waals surface area contributed by atoms with Crippen molar-refractivity contribution >= 4 is 48.1 Å². The predicted octanol–water partition coefficient (Wildman–Crippen LogP) is -1.42. The first-order chi connectivity index (χ1) is 11.6. The van der Waals surface area contributed by atoms with Crippen LogP contribution in [0.15, 0.2) is 0 Å². The Morgan fingerprint density at radius 2 is 1.56 bits per heavy atom. The van der Waals surface area contributed by atoms with Gasteiger partial charge in [0.15, 0.2) is 0 Å². The fraction of sp³-hybridized carbons (Fsp3) is 0.714. The van der Waals surface area contributed by atoms with Crippen LogP contribution >= 0.6 is 24.4 Å². The molecule has 4 atom stereocenters. The number of aliphatic carboxylic acids is 1. The molecule has 25 heavy (non-hydrogen) atoms. The van der Waals surface area contributed by atoms with Crippen molar-refractivity contribution < 1.29 is 24.3 Å². The maximum Gasteiger partial charge on any atom is 0.325 e. The van der Waals surface area contributed by atoms with Gasteiger partial charge in [0.05, 0.1) is 6.04 Å². The minimum absolute atomic E-state index is 0.0274. The SMILES string of the molecule is CSCCC(NC(=O)C(C)N)C(=O)NC(CS)C(=O)NC(C)C(=O)O. The quantitative estimate of drug-likeness (QED) is 0.235. The van der Waals surface area contributed by atoms with Crippen molar-refractivity contribution in [1.82, 2.24) is 16.0 Å². The Morgan fingerprint density at radius 3 is 2.00 bits per heavy atom. The van der Waals surface area contributed by atoms with E-state index in [0.717, 1.165) is 0 Å². The van der Waals surface area contributed by atoms with Crippen molar-refractivity contribution in [1.29, 1.82) is 0 Å². The van der Waals surface area contributed by atoms with E-state index in [2.05, 4.69) is 28.6 Å². The van der Waals surface area contributed by atoms with Crippen LogP contribution in [-0.4, -0.2) is 70.7 Å². The monoisotopic (exact) mass is 394 g/mol. The highest BCUT2D eigenvalue weighted by Crippen LogP contribution is 2.03. The number of carboxylic acid groups (broad SMARTS) is 1. The number of nitrogens with two attached hydrogens (primary N) is 1. The molecule has 0 rings (SSSR count). The molecule has 0 heterocycles. The number of hydrogen-bond donors (Lipinski definition) is 6. The molecule has 0 radical (unpaired) electrons.